The summed E-state index contributed by atoms with van der Waals surface area (Å²) in [6, 6.07) is 3.82. The standard InChI is InChI=1S/C14H23N3O/c1-14(2,7-8-15)6-5-13(18)17-11-12-4-3-9-16-10-12/h3-4,9-10H,5-8,11,15H2,1-2H3,(H,17,18). The number of nitrogens with two attached hydrogens (primary N) is 1. The fraction of sp³-hybridized carbons (Fsp3) is 0.571. The summed E-state index contributed by atoms with van der Waals surface area (Å²) < 4.78 is 0. The molecule has 0 radical (unpaired) electrons. The summed E-state index contributed by atoms with van der Waals surface area (Å²) >= 11 is 0. The zero-order chi connectivity index (χ0) is 13.4. The van der Waals surface area contributed by atoms with Gasteiger partial charge in [0.15, 0.2) is 0 Å². The first-order valence-electron chi connectivity index (χ1n) is 6.39. The Morgan fingerprint density at radius 1 is 1.44 bits per heavy atom. The summed E-state index contributed by atoms with van der Waals surface area (Å²) in [4.78, 5) is 15.7. The Bertz CT molecular complexity index is 363. The van der Waals surface area contributed by atoms with E-state index in [-0.39, 0.29) is 11.3 Å². The first kappa shape index (κ1) is 14.6. The third kappa shape index (κ3) is 5.77. The minimum Gasteiger partial charge on any atom is -0.352 e. The number of aromatic nitrogens is 1. The van der Waals surface area contributed by atoms with Crippen LogP contribution in [0.3, 0.4) is 0 Å². The van der Waals surface area contributed by atoms with Crippen LogP contribution in [0.4, 0.5) is 0 Å². The normalized spacial score (nSPS) is 11.3. The number of hydrogen-bond acceptors (Lipinski definition) is 3. The molecule has 0 aliphatic rings. The lowest BCUT2D eigenvalue weighted by Gasteiger charge is -2.23. The second kappa shape index (κ2) is 7.11. The topological polar surface area (TPSA) is 68.0 Å². The van der Waals surface area contributed by atoms with E-state index in [0.29, 0.717) is 19.5 Å². The van der Waals surface area contributed by atoms with Crippen molar-refractivity contribution in [2.45, 2.75) is 39.7 Å². The molecule has 100 valence electrons. The van der Waals surface area contributed by atoms with E-state index in [1.165, 1.54) is 0 Å². The second-order valence-corrected chi connectivity index (χ2v) is 5.34. The Hall–Kier alpha value is -1.42. The van der Waals surface area contributed by atoms with Crippen LogP contribution < -0.4 is 11.1 Å². The van der Waals surface area contributed by atoms with E-state index in [2.05, 4.69) is 24.1 Å². The Labute approximate surface area is 109 Å². The van der Waals surface area contributed by atoms with Crippen molar-refractivity contribution in [1.29, 1.82) is 0 Å². The van der Waals surface area contributed by atoms with Gasteiger partial charge in [0.25, 0.3) is 0 Å². The van der Waals surface area contributed by atoms with Crippen LogP contribution >= 0.6 is 0 Å². The van der Waals surface area contributed by atoms with E-state index in [4.69, 9.17) is 5.73 Å². The summed E-state index contributed by atoms with van der Waals surface area (Å²) in [5, 5.41) is 2.90. The van der Waals surface area contributed by atoms with Gasteiger partial charge < -0.3 is 11.1 Å². The number of hydrogen-bond donors (Lipinski definition) is 2. The van der Waals surface area contributed by atoms with Crippen molar-refractivity contribution in [3.05, 3.63) is 30.1 Å². The summed E-state index contributed by atoms with van der Waals surface area (Å²) in [7, 11) is 0. The lowest BCUT2D eigenvalue weighted by atomic mass is 9.84. The van der Waals surface area contributed by atoms with Gasteiger partial charge in [-0.1, -0.05) is 19.9 Å². The number of rotatable bonds is 7. The molecule has 0 spiro atoms. The Morgan fingerprint density at radius 2 is 2.22 bits per heavy atom. The van der Waals surface area contributed by atoms with Gasteiger partial charge in [0.1, 0.15) is 0 Å². The number of pyridine rings is 1. The maximum atomic E-state index is 11.7. The van der Waals surface area contributed by atoms with Gasteiger partial charge in [-0.05, 0) is 36.4 Å². The van der Waals surface area contributed by atoms with E-state index in [0.717, 1.165) is 18.4 Å². The van der Waals surface area contributed by atoms with Crippen molar-refractivity contribution in [1.82, 2.24) is 10.3 Å². The molecule has 1 aromatic heterocycles. The fourth-order valence-corrected chi connectivity index (χ4v) is 1.76. The second-order valence-electron chi connectivity index (χ2n) is 5.34. The average Bonchev–Trinajstić information content (AvgIpc) is 2.35. The van der Waals surface area contributed by atoms with Gasteiger partial charge in [-0.25, -0.2) is 0 Å². The Kier molecular flexibility index (Phi) is 5.78. The molecule has 1 rings (SSSR count). The highest BCUT2D eigenvalue weighted by Crippen LogP contribution is 2.25. The fourth-order valence-electron chi connectivity index (χ4n) is 1.76. The summed E-state index contributed by atoms with van der Waals surface area (Å²) in [5.41, 5.74) is 6.71. The molecule has 0 saturated carbocycles. The highest BCUT2D eigenvalue weighted by molar-refractivity contribution is 5.75. The molecule has 0 aromatic carbocycles. The highest BCUT2D eigenvalue weighted by atomic mass is 16.1. The lowest BCUT2D eigenvalue weighted by Crippen LogP contribution is -2.25. The molecule has 18 heavy (non-hydrogen) atoms. The van der Waals surface area contributed by atoms with E-state index < -0.39 is 0 Å². The number of carbonyl (C=O) groups is 1. The molecule has 1 amide bonds. The summed E-state index contributed by atoms with van der Waals surface area (Å²) in [6.07, 6.45) is 5.85. The van der Waals surface area contributed by atoms with Crippen molar-refractivity contribution in [2.75, 3.05) is 6.54 Å². The zero-order valence-electron chi connectivity index (χ0n) is 11.3. The molecule has 0 fully saturated rings. The molecule has 0 bridgehead atoms. The molecule has 1 heterocycles. The van der Waals surface area contributed by atoms with Gasteiger partial charge in [0, 0.05) is 25.4 Å². The van der Waals surface area contributed by atoms with Crippen molar-refractivity contribution in [2.24, 2.45) is 11.1 Å². The van der Waals surface area contributed by atoms with Crippen LogP contribution in [0.15, 0.2) is 24.5 Å². The SMILES string of the molecule is CC(C)(CCN)CCC(=O)NCc1cccnc1. The minimum absolute atomic E-state index is 0.0870. The van der Waals surface area contributed by atoms with E-state index in [9.17, 15) is 4.79 Å². The highest BCUT2D eigenvalue weighted by Gasteiger charge is 2.18. The van der Waals surface area contributed by atoms with E-state index in [1.54, 1.807) is 12.4 Å². The van der Waals surface area contributed by atoms with Crippen molar-refractivity contribution in [3.8, 4) is 0 Å². The van der Waals surface area contributed by atoms with E-state index in [1.807, 2.05) is 12.1 Å². The maximum absolute atomic E-state index is 11.7. The minimum atomic E-state index is 0.0870. The molecular formula is C14H23N3O. The predicted molar refractivity (Wildman–Crippen MR) is 72.8 cm³/mol. The first-order valence-corrected chi connectivity index (χ1v) is 6.39. The van der Waals surface area contributed by atoms with Gasteiger partial charge in [-0.15, -0.1) is 0 Å². The van der Waals surface area contributed by atoms with Gasteiger partial charge in [0.2, 0.25) is 5.91 Å². The van der Waals surface area contributed by atoms with Crippen LogP contribution in [-0.4, -0.2) is 17.4 Å². The quantitative estimate of drug-likeness (QED) is 0.775. The third-order valence-electron chi connectivity index (χ3n) is 3.06. The van der Waals surface area contributed by atoms with Gasteiger partial charge >= 0.3 is 0 Å². The molecule has 0 atom stereocenters. The van der Waals surface area contributed by atoms with Crippen LogP contribution in [0.2, 0.25) is 0 Å². The third-order valence-corrected chi connectivity index (χ3v) is 3.06. The number of amides is 1. The molecular weight excluding hydrogens is 226 g/mol. The van der Waals surface area contributed by atoms with Crippen LogP contribution in [0.25, 0.3) is 0 Å². The zero-order valence-corrected chi connectivity index (χ0v) is 11.3. The molecule has 1 aromatic rings. The van der Waals surface area contributed by atoms with Crippen LogP contribution in [0.1, 0.15) is 38.7 Å². The van der Waals surface area contributed by atoms with Gasteiger partial charge in [-0.2, -0.15) is 0 Å². The van der Waals surface area contributed by atoms with Crippen molar-refractivity contribution < 1.29 is 4.79 Å². The Morgan fingerprint density at radius 3 is 2.83 bits per heavy atom. The Balaban J connectivity index is 2.26. The number of carbonyl (C=O) groups excluding carboxylic acids is 1. The average molecular weight is 249 g/mol. The lowest BCUT2D eigenvalue weighted by molar-refractivity contribution is -0.121. The molecule has 0 aliphatic heterocycles. The van der Waals surface area contributed by atoms with Crippen LogP contribution in [-0.2, 0) is 11.3 Å². The smallest absolute Gasteiger partial charge is 0.220 e. The molecule has 4 heteroatoms. The number of nitrogens with zero attached hydrogens (tertiary/aromatic N) is 1. The van der Waals surface area contributed by atoms with Crippen LogP contribution in [0, 0.1) is 5.41 Å². The van der Waals surface area contributed by atoms with Gasteiger partial charge in [0.05, 0.1) is 0 Å². The number of nitrogens with one attached hydrogen (secondary N) is 1. The monoisotopic (exact) mass is 249 g/mol. The molecule has 0 saturated heterocycles. The summed E-state index contributed by atoms with van der Waals surface area (Å²) in [5.74, 6) is 0.0870. The maximum Gasteiger partial charge on any atom is 0.220 e. The van der Waals surface area contributed by atoms with E-state index >= 15 is 0 Å². The van der Waals surface area contributed by atoms with Crippen molar-refractivity contribution >= 4 is 5.91 Å². The molecule has 0 unspecified atom stereocenters. The van der Waals surface area contributed by atoms with Gasteiger partial charge in [-0.3, -0.25) is 9.78 Å². The largest absolute Gasteiger partial charge is 0.352 e. The first-order chi connectivity index (χ1) is 8.53. The predicted octanol–water partition coefficient (Wildman–Crippen LogP) is 1.85. The summed E-state index contributed by atoms with van der Waals surface area (Å²) in [6.45, 7) is 5.51. The molecule has 0 aliphatic carbocycles. The van der Waals surface area contributed by atoms with Crippen molar-refractivity contribution in [3.63, 3.8) is 0 Å². The molecule has 4 nitrogen and oxygen atoms in total. The van der Waals surface area contributed by atoms with Crippen LogP contribution in [0.5, 0.6) is 0 Å². The molecule has 3 N–H and O–H groups in total.